The van der Waals surface area contributed by atoms with E-state index in [1.807, 2.05) is 61.6 Å². The van der Waals surface area contributed by atoms with Gasteiger partial charge in [-0.1, -0.05) is 18.2 Å². The van der Waals surface area contributed by atoms with Crippen LogP contribution in [0, 0.1) is 0 Å². The van der Waals surface area contributed by atoms with Crippen molar-refractivity contribution in [3.8, 4) is 11.1 Å². The van der Waals surface area contributed by atoms with Crippen LogP contribution in [-0.2, 0) is 10.0 Å². The summed E-state index contributed by atoms with van der Waals surface area (Å²) in [5.74, 6) is 1.42. The molecule has 4 aromatic rings. The normalized spacial score (nSPS) is 14.9. The number of benzene rings is 2. The summed E-state index contributed by atoms with van der Waals surface area (Å²) in [6.07, 6.45) is 3.52. The van der Waals surface area contributed by atoms with E-state index >= 15 is 0 Å². The Morgan fingerprint density at radius 1 is 0.694 bits per heavy atom. The van der Waals surface area contributed by atoms with Gasteiger partial charge < -0.3 is 15.5 Å². The molecule has 0 saturated carbocycles. The minimum absolute atomic E-state index is 0.301. The first-order chi connectivity index (χ1) is 17.5. The minimum atomic E-state index is -3.49. The molecule has 0 aliphatic carbocycles. The average molecular weight is 501 g/mol. The van der Waals surface area contributed by atoms with E-state index in [4.69, 9.17) is 0 Å². The summed E-state index contributed by atoms with van der Waals surface area (Å²) in [4.78, 5) is 11.3. The fourth-order valence-electron chi connectivity index (χ4n) is 4.06. The standard InChI is InChI=1S/C27H28N6O2S/c1-32-15-17-33(18-16-32)36(34,35)25-9-7-24(8-10-25)31-27-20-22(12-14-29-27)21-11-13-28-26(19-21)30-23-5-3-2-4-6-23/h2-14,19-20H,15-18H2,1H3,(H,28,30)(H,29,31). The van der Waals surface area contributed by atoms with Gasteiger partial charge in [-0.25, -0.2) is 18.4 Å². The van der Waals surface area contributed by atoms with Gasteiger partial charge in [-0.2, -0.15) is 4.31 Å². The molecule has 2 aromatic heterocycles. The van der Waals surface area contributed by atoms with Crippen molar-refractivity contribution in [3.63, 3.8) is 0 Å². The number of sulfonamides is 1. The quantitative estimate of drug-likeness (QED) is 0.384. The van der Waals surface area contributed by atoms with E-state index in [2.05, 4.69) is 25.5 Å². The fraction of sp³-hybridized carbons (Fsp3) is 0.185. The molecule has 5 rings (SSSR count). The topological polar surface area (TPSA) is 90.5 Å². The Labute approximate surface area is 211 Å². The van der Waals surface area contributed by atoms with Crippen molar-refractivity contribution in [2.45, 2.75) is 4.90 Å². The second-order valence-corrected chi connectivity index (χ2v) is 10.6. The molecule has 1 fully saturated rings. The number of nitrogens with zero attached hydrogens (tertiary/aromatic N) is 4. The molecule has 0 bridgehead atoms. The lowest BCUT2D eigenvalue weighted by Gasteiger charge is -2.31. The predicted molar refractivity (Wildman–Crippen MR) is 143 cm³/mol. The number of rotatable bonds is 7. The summed E-state index contributed by atoms with van der Waals surface area (Å²) in [6, 6.07) is 24.6. The molecule has 3 heterocycles. The molecule has 1 saturated heterocycles. The summed E-state index contributed by atoms with van der Waals surface area (Å²) < 4.78 is 27.5. The Bertz CT molecular complexity index is 1420. The van der Waals surface area contributed by atoms with Gasteiger partial charge in [0.2, 0.25) is 10.0 Å². The molecule has 9 heteroatoms. The van der Waals surface area contributed by atoms with Crippen LogP contribution in [0.15, 0.2) is 96.2 Å². The van der Waals surface area contributed by atoms with E-state index < -0.39 is 10.0 Å². The second kappa shape index (κ2) is 10.4. The summed E-state index contributed by atoms with van der Waals surface area (Å²) in [6.45, 7) is 2.49. The van der Waals surface area contributed by atoms with Gasteiger partial charge in [-0.05, 0) is 78.8 Å². The molecule has 0 spiro atoms. The van der Waals surface area contributed by atoms with Gasteiger partial charge in [0, 0.05) is 49.9 Å². The number of nitrogens with one attached hydrogen (secondary N) is 2. The molecule has 0 radical (unpaired) electrons. The SMILES string of the molecule is CN1CCN(S(=O)(=O)c2ccc(Nc3cc(-c4ccnc(Nc5ccccc5)c4)ccn3)cc2)CC1. The van der Waals surface area contributed by atoms with Crippen molar-refractivity contribution < 1.29 is 8.42 Å². The Hall–Kier alpha value is -3.79. The monoisotopic (exact) mass is 500 g/mol. The van der Waals surface area contributed by atoms with Gasteiger partial charge >= 0.3 is 0 Å². The average Bonchev–Trinajstić information content (AvgIpc) is 2.90. The molecule has 0 amide bonds. The van der Waals surface area contributed by atoms with Gasteiger partial charge in [0.15, 0.2) is 0 Å². The largest absolute Gasteiger partial charge is 0.340 e. The van der Waals surface area contributed by atoms with Crippen LogP contribution in [0.2, 0.25) is 0 Å². The molecular formula is C27H28N6O2S. The van der Waals surface area contributed by atoms with E-state index in [9.17, 15) is 8.42 Å². The van der Waals surface area contributed by atoms with E-state index in [1.165, 1.54) is 0 Å². The number of para-hydroxylation sites is 1. The third kappa shape index (κ3) is 5.54. The number of anilines is 4. The zero-order chi connectivity index (χ0) is 25.0. The summed E-state index contributed by atoms with van der Waals surface area (Å²) in [5.41, 5.74) is 3.72. The second-order valence-electron chi connectivity index (χ2n) is 8.71. The van der Waals surface area contributed by atoms with Crippen molar-refractivity contribution in [2.24, 2.45) is 0 Å². The van der Waals surface area contributed by atoms with Crippen LogP contribution < -0.4 is 10.6 Å². The zero-order valence-corrected chi connectivity index (χ0v) is 20.8. The summed E-state index contributed by atoms with van der Waals surface area (Å²) in [7, 11) is -1.49. The van der Waals surface area contributed by atoms with Gasteiger partial charge in [0.1, 0.15) is 11.6 Å². The van der Waals surface area contributed by atoms with E-state index in [1.54, 1.807) is 41.0 Å². The van der Waals surface area contributed by atoms with Crippen molar-refractivity contribution in [1.82, 2.24) is 19.2 Å². The number of likely N-dealkylation sites (N-methyl/N-ethyl adjacent to an activating group) is 1. The minimum Gasteiger partial charge on any atom is -0.340 e. The van der Waals surface area contributed by atoms with Crippen LogP contribution in [-0.4, -0.2) is 60.8 Å². The molecule has 36 heavy (non-hydrogen) atoms. The highest BCUT2D eigenvalue weighted by Gasteiger charge is 2.27. The zero-order valence-electron chi connectivity index (χ0n) is 20.0. The summed E-state index contributed by atoms with van der Waals surface area (Å²) in [5, 5.41) is 6.59. The molecular weight excluding hydrogens is 472 g/mol. The lowest BCUT2D eigenvalue weighted by Crippen LogP contribution is -2.46. The highest BCUT2D eigenvalue weighted by molar-refractivity contribution is 7.89. The van der Waals surface area contributed by atoms with E-state index in [0.29, 0.717) is 23.8 Å². The maximum Gasteiger partial charge on any atom is 0.243 e. The van der Waals surface area contributed by atoms with Crippen molar-refractivity contribution in [2.75, 3.05) is 43.9 Å². The predicted octanol–water partition coefficient (Wildman–Crippen LogP) is 4.57. The van der Waals surface area contributed by atoms with Crippen LogP contribution >= 0.6 is 0 Å². The fourth-order valence-corrected chi connectivity index (χ4v) is 5.48. The molecule has 2 aromatic carbocycles. The molecule has 8 nitrogen and oxygen atoms in total. The van der Waals surface area contributed by atoms with Gasteiger partial charge in [0.25, 0.3) is 0 Å². The lowest BCUT2D eigenvalue weighted by molar-refractivity contribution is 0.222. The Morgan fingerprint density at radius 3 is 1.78 bits per heavy atom. The van der Waals surface area contributed by atoms with Crippen molar-refractivity contribution >= 4 is 33.0 Å². The lowest BCUT2D eigenvalue weighted by atomic mass is 10.1. The van der Waals surface area contributed by atoms with Crippen LogP contribution in [0.5, 0.6) is 0 Å². The molecule has 0 atom stereocenters. The molecule has 1 aliphatic heterocycles. The number of piperazine rings is 1. The Morgan fingerprint density at radius 2 is 1.22 bits per heavy atom. The number of hydrogen-bond acceptors (Lipinski definition) is 7. The van der Waals surface area contributed by atoms with Gasteiger partial charge in [0.05, 0.1) is 4.90 Å². The third-order valence-corrected chi connectivity index (χ3v) is 8.04. The van der Waals surface area contributed by atoms with Crippen molar-refractivity contribution in [3.05, 3.63) is 91.3 Å². The van der Waals surface area contributed by atoms with Gasteiger partial charge in [-0.15, -0.1) is 0 Å². The van der Waals surface area contributed by atoms with Crippen LogP contribution in [0.3, 0.4) is 0 Å². The van der Waals surface area contributed by atoms with Crippen LogP contribution in [0.1, 0.15) is 0 Å². The van der Waals surface area contributed by atoms with Crippen LogP contribution in [0.4, 0.5) is 23.0 Å². The first-order valence-electron chi connectivity index (χ1n) is 11.8. The first kappa shape index (κ1) is 23.9. The van der Waals surface area contributed by atoms with Crippen molar-refractivity contribution in [1.29, 1.82) is 0 Å². The molecule has 2 N–H and O–H groups in total. The molecule has 184 valence electrons. The number of aromatic nitrogens is 2. The Balaban J connectivity index is 1.29. The maximum atomic E-state index is 13.0. The highest BCUT2D eigenvalue weighted by Crippen LogP contribution is 2.26. The third-order valence-electron chi connectivity index (χ3n) is 6.13. The number of pyridine rings is 2. The highest BCUT2D eigenvalue weighted by atomic mass is 32.2. The first-order valence-corrected chi connectivity index (χ1v) is 13.2. The van der Waals surface area contributed by atoms with E-state index in [-0.39, 0.29) is 0 Å². The molecule has 1 aliphatic rings. The molecule has 0 unspecified atom stereocenters. The Kier molecular flexibility index (Phi) is 6.95. The van der Waals surface area contributed by atoms with Crippen LogP contribution in [0.25, 0.3) is 11.1 Å². The number of hydrogen-bond donors (Lipinski definition) is 2. The van der Waals surface area contributed by atoms with Gasteiger partial charge in [-0.3, -0.25) is 0 Å². The smallest absolute Gasteiger partial charge is 0.243 e. The maximum absolute atomic E-state index is 13.0. The summed E-state index contributed by atoms with van der Waals surface area (Å²) >= 11 is 0. The van der Waals surface area contributed by atoms with E-state index in [0.717, 1.165) is 41.4 Å².